The second kappa shape index (κ2) is 11.0. The lowest BCUT2D eigenvalue weighted by Crippen LogP contribution is -2.63. The van der Waals surface area contributed by atoms with Crippen LogP contribution in [0.4, 0.5) is 5.82 Å². The van der Waals surface area contributed by atoms with Crippen LogP contribution in [-0.4, -0.2) is 63.6 Å². The zero-order valence-corrected chi connectivity index (χ0v) is 26.1. The lowest BCUT2D eigenvalue weighted by atomic mass is 9.44. The van der Waals surface area contributed by atoms with Gasteiger partial charge in [0.1, 0.15) is 30.3 Å². The van der Waals surface area contributed by atoms with Crippen LogP contribution in [0.3, 0.4) is 0 Å². The third kappa shape index (κ3) is 4.72. The molecule has 3 aliphatic carbocycles. The SMILES string of the molecule is C=C[C@]1(C)C[C@@H](OC(=O)Cn2cc(CCCn3cnc4c(N)ncnc43)nn2)[C@]2(C)[C@H](C)CC[C@]3(CCC(=O)[C@@H]32)[C@@H](C)[C@@H]1O. The molecule has 3 N–H and O–H groups in total. The van der Waals surface area contributed by atoms with Gasteiger partial charge in [0.25, 0.3) is 0 Å². The molecule has 12 heteroatoms. The molecule has 3 aromatic rings. The molecule has 0 aliphatic heterocycles. The number of fused-ring (bicyclic) bond motifs is 1. The number of carbonyl (C=O) groups excluding carboxylic acids is 2. The Kier molecular flexibility index (Phi) is 7.62. The van der Waals surface area contributed by atoms with E-state index in [1.54, 1.807) is 12.5 Å². The number of Topliss-reactive ketones (excluding diaryl/α,β-unsaturated/α-hetero) is 1. The molecule has 2 bridgehead atoms. The zero-order chi connectivity index (χ0) is 31.4. The molecule has 3 aliphatic rings. The van der Waals surface area contributed by atoms with E-state index in [9.17, 15) is 14.7 Å². The van der Waals surface area contributed by atoms with E-state index < -0.39 is 29.0 Å². The summed E-state index contributed by atoms with van der Waals surface area (Å²) < 4.78 is 9.77. The highest BCUT2D eigenvalue weighted by molar-refractivity contribution is 5.86. The number of ether oxygens (including phenoxy) is 1. The van der Waals surface area contributed by atoms with Gasteiger partial charge in [-0.3, -0.25) is 9.59 Å². The first-order valence-corrected chi connectivity index (χ1v) is 15.8. The van der Waals surface area contributed by atoms with E-state index in [4.69, 9.17) is 10.5 Å². The number of nitrogens with two attached hydrogens (primary N) is 1. The Morgan fingerprint density at radius 2 is 2.05 bits per heavy atom. The summed E-state index contributed by atoms with van der Waals surface area (Å²) in [5.41, 5.74) is 6.37. The van der Waals surface area contributed by atoms with Crippen molar-refractivity contribution in [3.63, 3.8) is 0 Å². The van der Waals surface area contributed by atoms with E-state index in [1.807, 2.05) is 17.6 Å². The largest absolute Gasteiger partial charge is 0.460 e. The van der Waals surface area contributed by atoms with Crippen molar-refractivity contribution in [1.29, 1.82) is 0 Å². The predicted octanol–water partition coefficient (Wildman–Crippen LogP) is 3.54. The number of ketones is 1. The van der Waals surface area contributed by atoms with Gasteiger partial charge in [-0.05, 0) is 55.8 Å². The van der Waals surface area contributed by atoms with Gasteiger partial charge in [0.05, 0.1) is 18.1 Å². The van der Waals surface area contributed by atoms with Crippen LogP contribution in [0.5, 0.6) is 0 Å². The quantitative estimate of drug-likeness (QED) is 0.287. The third-order valence-corrected chi connectivity index (χ3v) is 11.7. The summed E-state index contributed by atoms with van der Waals surface area (Å²) in [4.78, 5) is 39.7. The summed E-state index contributed by atoms with van der Waals surface area (Å²) >= 11 is 0. The Balaban J connectivity index is 1.17. The first-order valence-electron chi connectivity index (χ1n) is 15.8. The van der Waals surface area contributed by atoms with Crippen molar-refractivity contribution in [2.45, 2.75) is 97.9 Å². The fourth-order valence-electron chi connectivity index (χ4n) is 8.85. The van der Waals surface area contributed by atoms with Crippen molar-refractivity contribution < 1.29 is 19.4 Å². The van der Waals surface area contributed by atoms with Crippen molar-refractivity contribution in [2.24, 2.45) is 34.0 Å². The lowest BCUT2D eigenvalue weighted by molar-refractivity contribution is -0.207. The Labute approximate surface area is 257 Å². The molecule has 6 rings (SSSR count). The molecular weight excluding hydrogens is 560 g/mol. The number of nitrogen functional groups attached to an aromatic ring is 1. The second-order valence-electron chi connectivity index (χ2n) is 13.9. The van der Waals surface area contributed by atoms with Crippen LogP contribution in [0, 0.1) is 34.0 Å². The van der Waals surface area contributed by atoms with Gasteiger partial charge in [0.2, 0.25) is 0 Å². The fourth-order valence-corrected chi connectivity index (χ4v) is 8.85. The molecular formula is C32H44N8O4. The van der Waals surface area contributed by atoms with E-state index in [2.05, 4.69) is 52.6 Å². The van der Waals surface area contributed by atoms with Crippen LogP contribution in [0.2, 0.25) is 0 Å². The van der Waals surface area contributed by atoms with Crippen LogP contribution in [-0.2, 0) is 33.8 Å². The molecule has 3 heterocycles. The first kappa shape index (κ1) is 30.4. The van der Waals surface area contributed by atoms with Crippen molar-refractivity contribution in [1.82, 2.24) is 34.5 Å². The molecule has 0 radical (unpaired) electrons. The highest BCUT2D eigenvalue weighted by atomic mass is 16.5. The molecule has 0 unspecified atom stereocenters. The summed E-state index contributed by atoms with van der Waals surface area (Å²) in [7, 11) is 0. The summed E-state index contributed by atoms with van der Waals surface area (Å²) in [5, 5.41) is 20.2. The number of anilines is 1. The smallest absolute Gasteiger partial charge is 0.328 e. The molecule has 0 aromatic carbocycles. The third-order valence-electron chi connectivity index (χ3n) is 11.7. The van der Waals surface area contributed by atoms with E-state index in [0.717, 1.165) is 31.4 Å². The Bertz CT molecular complexity index is 1580. The minimum absolute atomic E-state index is 0.0714. The van der Waals surface area contributed by atoms with Gasteiger partial charge in [-0.2, -0.15) is 0 Å². The molecule has 3 aromatic heterocycles. The van der Waals surface area contributed by atoms with Gasteiger partial charge in [-0.25, -0.2) is 19.6 Å². The molecule has 3 fully saturated rings. The first-order chi connectivity index (χ1) is 20.9. The van der Waals surface area contributed by atoms with Gasteiger partial charge in [0.15, 0.2) is 11.5 Å². The van der Waals surface area contributed by atoms with Gasteiger partial charge >= 0.3 is 5.97 Å². The average Bonchev–Trinajstić information content (AvgIpc) is 3.72. The fraction of sp³-hybridized carbons (Fsp3) is 0.656. The van der Waals surface area contributed by atoms with Gasteiger partial charge in [0, 0.05) is 35.9 Å². The van der Waals surface area contributed by atoms with Crippen LogP contribution in [0.15, 0.2) is 31.5 Å². The van der Waals surface area contributed by atoms with E-state index in [0.29, 0.717) is 42.8 Å². The number of hydrogen-bond acceptors (Lipinski definition) is 10. The Hall–Kier alpha value is -3.67. The number of rotatable bonds is 8. The van der Waals surface area contributed by atoms with Crippen LogP contribution in [0.1, 0.15) is 71.9 Å². The van der Waals surface area contributed by atoms with Crippen LogP contribution >= 0.6 is 0 Å². The maximum Gasteiger partial charge on any atom is 0.328 e. The number of imidazole rings is 1. The monoisotopic (exact) mass is 604 g/mol. The standard InChI is InChI=1S/C32H44N8O4/c1-6-30(4)14-23(31(5)19(2)9-11-32(20(3)27(30)43)12-10-22(41)26(31)32)44-24(42)16-40-15-21(37-38-40)8-7-13-39-18-36-25-28(33)34-17-35-29(25)39/h6,15,17-20,23,26-27,43H,1,7-14,16H2,2-5H3,(H2,33,34,35)/t19-,20+,23-,26-,27+,30-,31+,32+/m1/s1. The van der Waals surface area contributed by atoms with Crippen molar-refractivity contribution >= 4 is 28.7 Å². The molecule has 3 saturated carbocycles. The maximum atomic E-state index is 13.6. The van der Waals surface area contributed by atoms with E-state index in [-0.39, 0.29) is 35.5 Å². The number of aliphatic hydroxyl groups is 1. The van der Waals surface area contributed by atoms with Crippen LogP contribution < -0.4 is 5.73 Å². The maximum absolute atomic E-state index is 13.6. The number of carbonyl (C=O) groups is 2. The highest BCUT2D eigenvalue weighted by Gasteiger charge is 2.68. The second-order valence-corrected chi connectivity index (χ2v) is 13.9. The normalized spacial score (nSPS) is 35.2. The molecule has 12 nitrogen and oxygen atoms in total. The molecule has 44 heavy (non-hydrogen) atoms. The van der Waals surface area contributed by atoms with Crippen molar-refractivity contribution in [3.8, 4) is 0 Å². The number of aromatic nitrogens is 7. The molecule has 8 atom stereocenters. The zero-order valence-electron chi connectivity index (χ0n) is 26.1. The van der Waals surface area contributed by atoms with Gasteiger partial charge in [-0.1, -0.05) is 39.0 Å². The molecule has 236 valence electrons. The average molecular weight is 605 g/mol. The van der Waals surface area contributed by atoms with Crippen LogP contribution in [0.25, 0.3) is 11.2 Å². The van der Waals surface area contributed by atoms with E-state index >= 15 is 0 Å². The van der Waals surface area contributed by atoms with Crippen molar-refractivity contribution in [3.05, 3.63) is 37.2 Å². The molecule has 0 spiro atoms. The lowest BCUT2D eigenvalue weighted by Gasteiger charge is -2.61. The minimum Gasteiger partial charge on any atom is -0.460 e. The summed E-state index contributed by atoms with van der Waals surface area (Å²) in [6.45, 7) is 13.1. The van der Waals surface area contributed by atoms with Crippen molar-refractivity contribution in [2.75, 3.05) is 5.73 Å². The molecule has 0 saturated heterocycles. The minimum atomic E-state index is -0.699. The highest BCUT2D eigenvalue weighted by Crippen LogP contribution is 2.68. The predicted molar refractivity (Wildman–Crippen MR) is 163 cm³/mol. The summed E-state index contributed by atoms with van der Waals surface area (Å²) in [5.74, 6) is -0.00330. The number of aryl methyl sites for hydroxylation is 2. The van der Waals surface area contributed by atoms with Gasteiger partial charge < -0.3 is 20.1 Å². The van der Waals surface area contributed by atoms with Gasteiger partial charge in [-0.15, -0.1) is 11.7 Å². The number of nitrogens with zero attached hydrogens (tertiary/aromatic N) is 7. The summed E-state index contributed by atoms with van der Waals surface area (Å²) in [6, 6.07) is 0. The number of hydrogen-bond donors (Lipinski definition) is 2. The van der Waals surface area contributed by atoms with E-state index in [1.165, 1.54) is 11.0 Å². The molecule has 0 amide bonds. The number of esters is 1. The summed E-state index contributed by atoms with van der Waals surface area (Å²) in [6.07, 6.45) is 10.3. The Morgan fingerprint density at radius 3 is 2.82 bits per heavy atom. The Morgan fingerprint density at radius 1 is 1.25 bits per heavy atom. The topological polar surface area (TPSA) is 164 Å². The number of aliphatic hydroxyl groups excluding tert-OH is 1.